The fourth-order valence-electron chi connectivity index (χ4n) is 6.16. The summed E-state index contributed by atoms with van der Waals surface area (Å²) >= 11 is 0. The van der Waals surface area contributed by atoms with E-state index in [1.54, 1.807) is 0 Å². The summed E-state index contributed by atoms with van der Waals surface area (Å²) in [5.41, 5.74) is 0. The summed E-state index contributed by atoms with van der Waals surface area (Å²) in [5, 5.41) is 0. The molecule has 38 heteroatoms. The topological polar surface area (TPSA) is 0 Å². The molecule has 0 heterocycles. The van der Waals surface area contributed by atoms with E-state index in [9.17, 15) is 0 Å². The minimum Gasteiger partial charge on any atom is -0.687 e. The molecule has 0 saturated heterocycles. The molecule has 0 aromatic rings. The zero-order chi connectivity index (χ0) is 30.4. The molecular weight excluding hydrogens is 411 g/mol. The molecule has 0 aliphatic rings. The summed E-state index contributed by atoms with van der Waals surface area (Å²) in [6, 6.07) is 0. The van der Waals surface area contributed by atoms with Crippen molar-refractivity contribution in [1.82, 2.24) is 0 Å². The quantitative estimate of drug-likeness (QED) is 0.209. The van der Waals surface area contributed by atoms with Crippen molar-refractivity contribution in [2.45, 2.75) is 0 Å². The van der Waals surface area contributed by atoms with Crippen LogP contribution in [0.4, 0.5) is 0 Å². The Balaban J connectivity index is 8.12. The Hall–Kier alpha value is 2.47. The van der Waals surface area contributed by atoms with Crippen LogP contribution in [0.25, 0.3) is 0 Å². The van der Waals surface area contributed by atoms with Gasteiger partial charge < -0.3 is 7.74 Å². The third kappa shape index (κ3) is 10.9. The van der Waals surface area contributed by atoms with E-state index in [1.807, 2.05) is 0 Å². The van der Waals surface area contributed by atoms with Crippen LogP contribution in [0.2, 0.25) is 0 Å². The van der Waals surface area contributed by atoms with Gasteiger partial charge in [-0.25, -0.2) is 6.39 Å². The van der Waals surface area contributed by atoms with Crippen LogP contribution in [0.3, 0.4) is 0 Å². The third-order valence-electron chi connectivity index (χ3n) is 7.56. The largest absolute Gasteiger partial charge is 0.687 e. The molecule has 0 aliphatic carbocycles. The summed E-state index contributed by atoms with van der Waals surface area (Å²) in [7, 11) is 124. The third-order valence-corrected chi connectivity index (χ3v) is 7.56. The SMILES string of the molecule is [B]B([B])B(B([B])[B])B(B(B([B])[B])B([B])[B])B(B(B([B])[B])B([B])[B])B(B(B([B])[B])B([B])[B])B(B([B])[B])B([B])[B-]. The van der Waals surface area contributed by atoms with E-state index in [-0.39, 0.29) is 0 Å². The van der Waals surface area contributed by atoms with Gasteiger partial charge in [0.25, 0.3) is 0 Å². The Morgan fingerprint density at radius 2 is 0.342 bits per heavy atom. The fraction of sp³-hybridized carbons (Fsp3) is 0. The predicted octanol–water partition coefficient (Wildman–Crippen LogP) is -14.5. The van der Waals surface area contributed by atoms with Crippen LogP contribution in [-0.4, -0.2) is 270 Å². The second kappa shape index (κ2) is 18.3. The normalized spacial score (nSPS) is 9.61. The second-order valence-electron chi connectivity index (χ2n) is 10.4. The number of rotatable bonds is 17. The Labute approximate surface area is 268 Å². The van der Waals surface area contributed by atoms with E-state index < -0.39 is 115 Å². The lowest BCUT2D eigenvalue weighted by molar-refractivity contribution is 3.22. The first kappa shape index (κ1) is 40.5. The first-order chi connectivity index (χ1) is 17.2. The van der Waals surface area contributed by atoms with Crippen molar-refractivity contribution in [2.24, 2.45) is 0 Å². The summed E-state index contributed by atoms with van der Waals surface area (Å²) < 4.78 is 0. The van der Waals surface area contributed by atoms with Crippen LogP contribution in [0.15, 0.2) is 0 Å². The van der Waals surface area contributed by atoms with Gasteiger partial charge >= 0.3 is 0 Å². The van der Waals surface area contributed by atoms with Gasteiger partial charge in [0.05, 0.1) is 0 Å². The maximum atomic E-state index is 6.24. The van der Waals surface area contributed by atoms with E-state index in [2.05, 4.69) is 0 Å². The van der Waals surface area contributed by atoms with E-state index >= 15 is 0 Å². The molecule has 0 aromatic heterocycles. The van der Waals surface area contributed by atoms with Crippen LogP contribution in [0.5, 0.6) is 0 Å². The average Bonchev–Trinajstić information content (AvgIpc) is 2.67. The molecule has 0 atom stereocenters. The monoisotopic (exact) mass is 418 g/mol. The molecule has 0 saturated carbocycles. The van der Waals surface area contributed by atoms with Crippen LogP contribution >= 0.6 is 0 Å². The average molecular weight is 411 g/mol. The summed E-state index contributed by atoms with van der Waals surface area (Å²) in [6.45, 7) is 0. The molecule has 0 aromatic carbocycles. The summed E-state index contributed by atoms with van der Waals surface area (Å²) in [5.74, 6) is 0. The Bertz CT molecular complexity index is 478. The molecule has 0 aliphatic heterocycles. The van der Waals surface area contributed by atoms with Gasteiger partial charge in [-0.3, -0.25) is 0 Å². The highest BCUT2D eigenvalue weighted by Crippen LogP contribution is 2.18. The van der Waals surface area contributed by atoms with Crippen LogP contribution in [0, 0.1) is 0 Å². The molecule has 0 spiro atoms. The van der Waals surface area contributed by atoms with Gasteiger partial charge in [-0.2, -0.15) is 0 Å². The van der Waals surface area contributed by atoms with E-state index in [0.29, 0.717) is 0 Å². The molecule has 38 heavy (non-hydrogen) atoms. The van der Waals surface area contributed by atoms with Crippen molar-refractivity contribution in [1.29, 1.82) is 0 Å². The van der Waals surface area contributed by atoms with Crippen LogP contribution in [-0.2, 0) is 0 Å². The van der Waals surface area contributed by atoms with Crippen LogP contribution in [0.1, 0.15) is 0 Å². The standard InChI is InChI=1S/B38/c1-21(2)31(22(3)4)36(32(23(5)6)24(7)8)38(35(29(17)18)30(19)20)37(33(25(9)10)26(11)12)34(27(13)14)28(15)16/q-1. The minimum atomic E-state index is -1.20. The maximum Gasteiger partial charge on any atom is -0.0000000000000853 e. The second-order valence-corrected chi connectivity index (χ2v) is 10.4. The van der Waals surface area contributed by atoms with Gasteiger partial charge in [0.2, 0.25) is 0 Å². The highest BCUT2D eigenvalue weighted by atomic mass is 13.4. The van der Waals surface area contributed by atoms with Crippen molar-refractivity contribution in [3.8, 4) is 0 Å². The van der Waals surface area contributed by atoms with Crippen molar-refractivity contribution in [3.63, 3.8) is 0 Å². The molecule has 0 nitrogen and oxygen atoms in total. The predicted molar refractivity (Wildman–Crippen MR) is 219 cm³/mol. The molecule has 0 amide bonds. The highest BCUT2D eigenvalue weighted by molar-refractivity contribution is 8.31. The Morgan fingerprint density at radius 3 is 0.474 bits per heavy atom. The zero-order valence-corrected chi connectivity index (χ0v) is 21.9. The van der Waals surface area contributed by atoms with Crippen molar-refractivity contribution in [3.05, 3.63) is 0 Å². The van der Waals surface area contributed by atoms with Crippen LogP contribution < -0.4 is 0 Å². The number of hydrogen-bond donors (Lipinski definition) is 0. The summed E-state index contributed by atoms with van der Waals surface area (Å²) in [4.78, 5) is 0. The molecule has 0 rings (SSSR count). The molecular formula is B38-. The van der Waals surface area contributed by atoms with Gasteiger partial charge in [0, 0.05) is 0 Å². The van der Waals surface area contributed by atoms with Gasteiger partial charge in [-0.05, 0) is 256 Å². The maximum absolute atomic E-state index is 6.24. The summed E-state index contributed by atoms with van der Waals surface area (Å²) in [6.07, 6.45) is -20.0. The molecule has 0 fully saturated rings. The molecule has 0 unspecified atom stereocenters. The Morgan fingerprint density at radius 1 is 0.211 bits per heavy atom. The van der Waals surface area contributed by atoms with Gasteiger partial charge in [-0.1, -0.05) is 0 Å². The van der Waals surface area contributed by atoms with E-state index in [0.717, 1.165) is 0 Å². The fourth-order valence-corrected chi connectivity index (χ4v) is 6.16. The molecule has 41 radical (unpaired) electrons. The lowest BCUT2D eigenvalue weighted by Crippen LogP contribution is -2.92. The van der Waals surface area contributed by atoms with Crippen molar-refractivity contribution < 1.29 is 0 Å². The van der Waals surface area contributed by atoms with Gasteiger partial charge in [-0.15, -0.1) is 0 Å². The minimum absolute atomic E-state index is 1.01. The highest BCUT2D eigenvalue weighted by Gasteiger charge is 2.55. The molecule has 115 valence electrons. The molecule has 0 N–H and O–H groups in total. The van der Waals surface area contributed by atoms with E-state index in [1.165, 1.54) is 0 Å². The van der Waals surface area contributed by atoms with Gasteiger partial charge in [0.15, 0.2) is 0 Å². The first-order valence-corrected chi connectivity index (χ1v) is 12.3. The van der Waals surface area contributed by atoms with Crippen molar-refractivity contribution >= 4 is 270 Å². The van der Waals surface area contributed by atoms with Crippen molar-refractivity contribution in [2.75, 3.05) is 0 Å². The molecule has 0 bridgehead atoms. The van der Waals surface area contributed by atoms with E-state index in [4.69, 9.17) is 155 Å². The smallest absolute Gasteiger partial charge is 0.0000000000000853 e. The lowest BCUT2D eigenvalue weighted by Gasteiger charge is -2.55. The Kier molecular flexibility index (Phi) is 19.5. The lowest BCUT2D eigenvalue weighted by atomic mass is 8.28. The number of hydrogen-bond acceptors (Lipinski definition) is 0. The van der Waals surface area contributed by atoms with Gasteiger partial charge in [0.1, 0.15) is 0 Å². The zero-order valence-electron chi connectivity index (χ0n) is 21.9. The first-order valence-electron chi connectivity index (χ1n) is 12.3.